The van der Waals surface area contributed by atoms with E-state index in [0.29, 0.717) is 5.56 Å². The molecule has 7 nitrogen and oxygen atoms in total. The van der Waals surface area contributed by atoms with E-state index < -0.39 is 58.4 Å². The molecule has 3 aliphatic carbocycles. The number of anilines is 1. The van der Waals surface area contributed by atoms with E-state index in [4.69, 9.17) is 0 Å². The molecule has 2 bridgehead atoms. The van der Waals surface area contributed by atoms with Crippen molar-refractivity contribution in [2.24, 2.45) is 5.41 Å². The van der Waals surface area contributed by atoms with Gasteiger partial charge in [0.1, 0.15) is 0 Å². The van der Waals surface area contributed by atoms with Crippen LogP contribution in [0.15, 0.2) is 52.3 Å². The number of nitrogens with one attached hydrogen (secondary N) is 2. The van der Waals surface area contributed by atoms with Crippen molar-refractivity contribution in [3.8, 4) is 0 Å². The van der Waals surface area contributed by atoms with Crippen LogP contribution in [0.3, 0.4) is 0 Å². The summed E-state index contributed by atoms with van der Waals surface area (Å²) < 4.78 is 116. The zero-order valence-corrected chi connectivity index (χ0v) is 19.6. The van der Waals surface area contributed by atoms with Crippen LogP contribution in [0.5, 0.6) is 0 Å². The molecule has 0 spiro atoms. The van der Waals surface area contributed by atoms with E-state index in [9.17, 15) is 43.6 Å². The highest BCUT2D eigenvalue weighted by Gasteiger charge is 2.79. The van der Waals surface area contributed by atoms with Gasteiger partial charge in [-0.3, -0.25) is 9.52 Å². The maximum atomic E-state index is 13.1. The molecule has 14 heteroatoms. The lowest BCUT2D eigenvalue weighted by Gasteiger charge is -2.70. The molecular formula is C21H19F5N2O5S2. The molecule has 2 N–H and O–H groups in total. The Bertz CT molecular complexity index is 1380. The lowest BCUT2D eigenvalue weighted by Crippen LogP contribution is -2.78. The van der Waals surface area contributed by atoms with Gasteiger partial charge in [0, 0.05) is 5.54 Å². The molecule has 0 heterocycles. The Morgan fingerprint density at radius 2 is 1.49 bits per heavy atom. The van der Waals surface area contributed by atoms with E-state index in [1.54, 1.807) is 6.92 Å². The third-order valence-corrected chi connectivity index (χ3v) is 9.15. The molecule has 3 saturated carbocycles. The van der Waals surface area contributed by atoms with Crippen LogP contribution in [0, 0.1) is 12.3 Å². The normalized spacial score (nSPS) is 23.9. The summed E-state index contributed by atoms with van der Waals surface area (Å²) in [5.41, 5.74) is -2.47. The highest BCUT2D eigenvalue weighted by Crippen LogP contribution is 2.73. The number of rotatable bonds is 7. The van der Waals surface area contributed by atoms with Gasteiger partial charge in [0.15, 0.2) is 0 Å². The highest BCUT2D eigenvalue weighted by molar-refractivity contribution is 7.93. The maximum absolute atomic E-state index is 13.1. The average Bonchev–Trinajstić information content (AvgIpc) is 2.68. The number of carbonyl (C=O) groups is 1. The Kier molecular flexibility index (Phi) is 5.71. The Balaban J connectivity index is 1.54. The van der Waals surface area contributed by atoms with E-state index in [2.05, 4.69) is 10.0 Å². The Morgan fingerprint density at radius 3 is 2.00 bits per heavy atom. The molecule has 0 aliphatic heterocycles. The van der Waals surface area contributed by atoms with Crippen molar-refractivity contribution in [2.45, 2.75) is 53.4 Å². The van der Waals surface area contributed by atoms with Crippen LogP contribution in [-0.2, 0) is 19.9 Å². The fraction of sp³-hybridized carbons (Fsp3) is 0.381. The van der Waals surface area contributed by atoms with Gasteiger partial charge in [0.25, 0.3) is 15.9 Å². The third kappa shape index (κ3) is 4.26. The topological polar surface area (TPSA) is 109 Å². The average molecular weight is 539 g/mol. The Morgan fingerprint density at radius 1 is 0.943 bits per heavy atom. The van der Waals surface area contributed by atoms with Gasteiger partial charge in [-0.2, -0.15) is 22.0 Å². The van der Waals surface area contributed by atoms with E-state index in [1.165, 1.54) is 18.2 Å². The quantitative estimate of drug-likeness (QED) is 0.518. The zero-order valence-electron chi connectivity index (χ0n) is 18.0. The van der Waals surface area contributed by atoms with Gasteiger partial charge in [-0.15, -0.1) is 0 Å². The zero-order chi connectivity index (χ0) is 26.0. The van der Waals surface area contributed by atoms with Gasteiger partial charge in [-0.25, -0.2) is 16.8 Å². The number of halogens is 5. The van der Waals surface area contributed by atoms with Gasteiger partial charge >= 0.3 is 11.9 Å². The lowest BCUT2D eigenvalue weighted by atomic mass is 9.39. The van der Waals surface area contributed by atoms with Crippen molar-refractivity contribution in [1.29, 1.82) is 0 Å². The SMILES string of the molecule is Cc1ccc(C(=O)NC23CC(C(F)(F)F)(C2)C3)c(NS(=O)(=O)c2ccc(S(=O)(=O)C(F)F)cc2)c1. The summed E-state index contributed by atoms with van der Waals surface area (Å²) in [6.45, 7) is 1.62. The van der Waals surface area contributed by atoms with Gasteiger partial charge in [0.2, 0.25) is 9.84 Å². The van der Waals surface area contributed by atoms with Crippen LogP contribution in [0.4, 0.5) is 27.6 Å². The lowest BCUT2D eigenvalue weighted by molar-refractivity contribution is -0.336. The summed E-state index contributed by atoms with van der Waals surface area (Å²) in [5, 5.41) is 2.58. The van der Waals surface area contributed by atoms with Crippen LogP contribution in [-0.4, -0.2) is 40.2 Å². The summed E-state index contributed by atoms with van der Waals surface area (Å²) in [4.78, 5) is 11.6. The number of benzene rings is 2. The van der Waals surface area contributed by atoms with Crippen molar-refractivity contribution in [1.82, 2.24) is 5.32 Å². The summed E-state index contributed by atoms with van der Waals surface area (Å²) in [7, 11) is -9.30. The van der Waals surface area contributed by atoms with Crippen molar-refractivity contribution in [2.75, 3.05) is 4.72 Å². The molecule has 35 heavy (non-hydrogen) atoms. The van der Waals surface area contributed by atoms with Crippen molar-refractivity contribution in [3.05, 3.63) is 53.6 Å². The van der Waals surface area contributed by atoms with Crippen LogP contribution >= 0.6 is 0 Å². The number of sulfonamides is 1. The third-order valence-electron chi connectivity index (χ3n) is 6.37. The summed E-state index contributed by atoms with van der Waals surface area (Å²) >= 11 is 0. The number of sulfone groups is 1. The van der Waals surface area contributed by atoms with Gasteiger partial charge in [-0.05, 0) is 68.1 Å². The predicted molar refractivity (Wildman–Crippen MR) is 114 cm³/mol. The monoisotopic (exact) mass is 538 g/mol. The highest BCUT2D eigenvalue weighted by atomic mass is 32.2. The minimum Gasteiger partial charge on any atom is -0.346 e. The molecule has 5 rings (SSSR count). The minimum absolute atomic E-state index is 0.123. The molecule has 3 fully saturated rings. The number of amides is 1. The van der Waals surface area contributed by atoms with Crippen molar-refractivity contribution in [3.63, 3.8) is 0 Å². The first-order chi connectivity index (χ1) is 16.0. The second-order valence-corrected chi connectivity index (χ2v) is 12.6. The molecule has 3 aliphatic rings. The molecule has 2 aromatic carbocycles. The maximum Gasteiger partial charge on any atom is 0.394 e. The number of aryl methyl sites for hydroxylation is 1. The van der Waals surface area contributed by atoms with Crippen LogP contribution in [0.25, 0.3) is 0 Å². The van der Waals surface area contributed by atoms with Crippen LogP contribution < -0.4 is 10.0 Å². The summed E-state index contributed by atoms with van der Waals surface area (Å²) in [6.07, 6.45) is -5.07. The number of hydrogen-bond acceptors (Lipinski definition) is 5. The summed E-state index contributed by atoms with van der Waals surface area (Å²) in [6, 6.07) is 7.29. The molecule has 0 radical (unpaired) electrons. The smallest absolute Gasteiger partial charge is 0.346 e. The molecule has 0 aromatic heterocycles. The van der Waals surface area contributed by atoms with Crippen LogP contribution in [0.2, 0.25) is 0 Å². The van der Waals surface area contributed by atoms with E-state index in [-0.39, 0.29) is 30.5 Å². The molecule has 0 atom stereocenters. The molecule has 0 saturated heterocycles. The first kappa shape index (κ1) is 25.4. The molecular weight excluding hydrogens is 519 g/mol. The standard InChI is InChI=1S/C21H19F5N2O5S2/c1-12-2-7-15(17(29)27-20-9-19(10-20,11-20)21(24,25)26)16(8-12)28-35(32,33)14-5-3-13(4-6-14)34(30,31)18(22)23/h2-8,18,28H,9-11H2,1H3,(H,27,29). The largest absolute Gasteiger partial charge is 0.394 e. The van der Waals surface area contributed by atoms with Crippen molar-refractivity contribution >= 4 is 31.5 Å². The second-order valence-electron chi connectivity index (χ2n) is 8.97. The fourth-order valence-corrected chi connectivity index (χ4v) is 6.38. The Labute approximate surface area is 197 Å². The molecule has 2 aromatic rings. The molecule has 1 amide bonds. The van der Waals surface area contributed by atoms with Crippen molar-refractivity contribution < 1.29 is 43.6 Å². The van der Waals surface area contributed by atoms with E-state index >= 15 is 0 Å². The predicted octanol–water partition coefficient (Wildman–Crippen LogP) is 4.01. The summed E-state index contributed by atoms with van der Waals surface area (Å²) in [5.74, 6) is -4.43. The number of alkyl halides is 5. The first-order valence-electron chi connectivity index (χ1n) is 10.2. The first-order valence-corrected chi connectivity index (χ1v) is 13.2. The number of carbonyl (C=O) groups excluding carboxylic acids is 1. The van der Waals surface area contributed by atoms with Gasteiger partial charge in [-0.1, -0.05) is 6.07 Å². The minimum atomic E-state index is -4.92. The van der Waals surface area contributed by atoms with E-state index in [0.717, 1.165) is 24.3 Å². The van der Waals surface area contributed by atoms with Gasteiger partial charge < -0.3 is 5.32 Å². The molecule has 190 valence electrons. The second kappa shape index (κ2) is 7.88. The van der Waals surface area contributed by atoms with E-state index in [1.807, 2.05) is 0 Å². The fourth-order valence-electron chi connectivity index (χ4n) is 4.58. The molecule has 0 unspecified atom stereocenters. The van der Waals surface area contributed by atoms with Gasteiger partial charge in [0.05, 0.1) is 26.5 Å². The van der Waals surface area contributed by atoms with Crippen LogP contribution in [0.1, 0.15) is 35.2 Å². The number of hydrogen-bond donors (Lipinski definition) is 2. The Hall–Kier alpha value is -2.74.